The minimum absolute atomic E-state index is 0.531. The standard InChI is InChI=1S/C14H19NO2/c1-4-6-9-17-14-10-13(16-3)8-7-12(14)11-15-5-2/h1,7-8,10,15H,5-6,9,11H2,2-3H3. The smallest absolute Gasteiger partial charge is 0.127 e. The van der Waals surface area contributed by atoms with E-state index in [0.29, 0.717) is 13.0 Å². The van der Waals surface area contributed by atoms with E-state index >= 15 is 0 Å². The van der Waals surface area contributed by atoms with Crippen molar-refractivity contribution in [1.29, 1.82) is 0 Å². The van der Waals surface area contributed by atoms with Crippen LogP contribution in [-0.2, 0) is 6.54 Å². The second-order valence-corrected chi connectivity index (χ2v) is 3.56. The molecule has 0 saturated heterocycles. The molecule has 92 valence electrons. The van der Waals surface area contributed by atoms with Crippen molar-refractivity contribution in [2.45, 2.75) is 19.9 Å². The van der Waals surface area contributed by atoms with Gasteiger partial charge in [-0.25, -0.2) is 0 Å². The van der Waals surface area contributed by atoms with E-state index in [1.165, 1.54) is 0 Å². The number of hydrogen-bond acceptors (Lipinski definition) is 3. The average Bonchev–Trinajstić information content (AvgIpc) is 2.37. The lowest BCUT2D eigenvalue weighted by atomic mass is 10.2. The van der Waals surface area contributed by atoms with E-state index in [1.807, 2.05) is 18.2 Å². The summed E-state index contributed by atoms with van der Waals surface area (Å²) in [5, 5.41) is 3.27. The van der Waals surface area contributed by atoms with Gasteiger partial charge < -0.3 is 14.8 Å². The van der Waals surface area contributed by atoms with Crippen LogP contribution in [0, 0.1) is 12.3 Å². The summed E-state index contributed by atoms with van der Waals surface area (Å²) in [6, 6.07) is 5.83. The molecule has 0 unspecified atom stereocenters. The van der Waals surface area contributed by atoms with Gasteiger partial charge in [-0.3, -0.25) is 0 Å². The minimum Gasteiger partial charge on any atom is -0.497 e. The van der Waals surface area contributed by atoms with Gasteiger partial charge in [-0.15, -0.1) is 12.3 Å². The van der Waals surface area contributed by atoms with Gasteiger partial charge in [0, 0.05) is 24.6 Å². The third kappa shape index (κ3) is 4.38. The average molecular weight is 233 g/mol. The van der Waals surface area contributed by atoms with Crippen molar-refractivity contribution in [1.82, 2.24) is 5.32 Å². The van der Waals surface area contributed by atoms with Crippen LogP contribution in [0.15, 0.2) is 18.2 Å². The van der Waals surface area contributed by atoms with Crippen LogP contribution in [0.2, 0.25) is 0 Å². The van der Waals surface area contributed by atoms with Crippen LogP contribution in [0.1, 0.15) is 18.9 Å². The Morgan fingerprint density at radius 1 is 1.41 bits per heavy atom. The van der Waals surface area contributed by atoms with E-state index in [1.54, 1.807) is 7.11 Å². The highest BCUT2D eigenvalue weighted by atomic mass is 16.5. The summed E-state index contributed by atoms with van der Waals surface area (Å²) >= 11 is 0. The van der Waals surface area contributed by atoms with E-state index < -0.39 is 0 Å². The van der Waals surface area contributed by atoms with Gasteiger partial charge in [-0.1, -0.05) is 13.0 Å². The predicted molar refractivity (Wildman–Crippen MR) is 69.3 cm³/mol. The number of nitrogens with one attached hydrogen (secondary N) is 1. The number of ether oxygens (including phenoxy) is 2. The number of methoxy groups -OCH3 is 1. The van der Waals surface area contributed by atoms with Gasteiger partial charge in [-0.2, -0.15) is 0 Å². The monoisotopic (exact) mass is 233 g/mol. The van der Waals surface area contributed by atoms with Crippen LogP contribution in [0.4, 0.5) is 0 Å². The lowest BCUT2D eigenvalue weighted by Crippen LogP contribution is -2.13. The molecule has 1 N–H and O–H groups in total. The third-order valence-electron chi connectivity index (χ3n) is 2.34. The predicted octanol–water partition coefficient (Wildman–Crippen LogP) is 2.21. The molecule has 1 aromatic rings. The Morgan fingerprint density at radius 2 is 2.24 bits per heavy atom. The summed E-state index contributed by atoms with van der Waals surface area (Å²) in [5.41, 5.74) is 1.12. The molecule has 0 aromatic heterocycles. The highest BCUT2D eigenvalue weighted by Crippen LogP contribution is 2.24. The fraction of sp³-hybridized carbons (Fsp3) is 0.429. The van der Waals surface area contributed by atoms with Crippen molar-refractivity contribution in [3.63, 3.8) is 0 Å². The highest BCUT2D eigenvalue weighted by molar-refractivity contribution is 5.40. The molecule has 0 bridgehead atoms. The normalized spacial score (nSPS) is 9.71. The molecule has 0 aliphatic heterocycles. The Morgan fingerprint density at radius 3 is 2.88 bits per heavy atom. The number of rotatable bonds is 7. The number of hydrogen-bond donors (Lipinski definition) is 1. The van der Waals surface area contributed by atoms with Crippen LogP contribution in [0.5, 0.6) is 11.5 Å². The first kappa shape index (κ1) is 13.4. The SMILES string of the molecule is C#CCCOc1cc(OC)ccc1CNCC. The molecule has 0 fully saturated rings. The number of benzene rings is 1. The van der Waals surface area contributed by atoms with Gasteiger partial charge in [0.2, 0.25) is 0 Å². The molecule has 1 rings (SSSR count). The Kier molecular flexibility index (Phi) is 5.98. The zero-order valence-corrected chi connectivity index (χ0v) is 10.5. The molecular weight excluding hydrogens is 214 g/mol. The van der Waals surface area contributed by atoms with Crippen LogP contribution in [0.25, 0.3) is 0 Å². The molecule has 1 aromatic carbocycles. The minimum atomic E-state index is 0.531. The van der Waals surface area contributed by atoms with Gasteiger partial charge in [-0.05, 0) is 12.6 Å². The molecule has 0 spiro atoms. The fourth-order valence-electron chi connectivity index (χ4n) is 1.42. The van der Waals surface area contributed by atoms with E-state index in [0.717, 1.165) is 30.2 Å². The zero-order chi connectivity index (χ0) is 12.5. The lowest BCUT2D eigenvalue weighted by Gasteiger charge is -2.12. The summed E-state index contributed by atoms with van der Waals surface area (Å²) in [6.45, 7) is 4.31. The summed E-state index contributed by atoms with van der Waals surface area (Å²) in [4.78, 5) is 0. The first-order valence-electron chi connectivity index (χ1n) is 5.75. The molecule has 3 nitrogen and oxygen atoms in total. The van der Waals surface area contributed by atoms with Gasteiger partial charge >= 0.3 is 0 Å². The second-order valence-electron chi connectivity index (χ2n) is 3.56. The maximum absolute atomic E-state index is 5.65. The van der Waals surface area contributed by atoms with E-state index in [9.17, 15) is 0 Å². The second kappa shape index (κ2) is 7.59. The summed E-state index contributed by atoms with van der Waals surface area (Å²) in [6.07, 6.45) is 5.81. The molecule has 17 heavy (non-hydrogen) atoms. The Hall–Kier alpha value is -1.66. The lowest BCUT2D eigenvalue weighted by molar-refractivity contribution is 0.319. The molecule has 0 saturated carbocycles. The molecular formula is C14H19NO2. The largest absolute Gasteiger partial charge is 0.497 e. The summed E-state index contributed by atoms with van der Waals surface area (Å²) in [7, 11) is 1.64. The first-order valence-corrected chi connectivity index (χ1v) is 5.75. The summed E-state index contributed by atoms with van der Waals surface area (Å²) < 4.78 is 10.8. The molecule has 3 heteroatoms. The van der Waals surface area contributed by atoms with Gasteiger partial charge in [0.1, 0.15) is 11.5 Å². The van der Waals surface area contributed by atoms with Crippen molar-refractivity contribution in [2.75, 3.05) is 20.3 Å². The third-order valence-corrected chi connectivity index (χ3v) is 2.34. The maximum Gasteiger partial charge on any atom is 0.127 e. The van der Waals surface area contributed by atoms with E-state index in [2.05, 4.69) is 18.2 Å². The van der Waals surface area contributed by atoms with Crippen molar-refractivity contribution < 1.29 is 9.47 Å². The van der Waals surface area contributed by atoms with Gasteiger partial charge in [0.15, 0.2) is 0 Å². The molecule has 0 atom stereocenters. The molecule has 0 radical (unpaired) electrons. The highest BCUT2D eigenvalue weighted by Gasteiger charge is 2.05. The quantitative estimate of drug-likeness (QED) is 0.578. The van der Waals surface area contributed by atoms with E-state index in [-0.39, 0.29) is 0 Å². The number of terminal acetylenes is 1. The Bertz CT molecular complexity index is 382. The Labute approximate surface area is 103 Å². The Balaban J connectivity index is 2.75. The van der Waals surface area contributed by atoms with Crippen LogP contribution in [-0.4, -0.2) is 20.3 Å². The molecule has 0 amide bonds. The fourth-order valence-corrected chi connectivity index (χ4v) is 1.42. The van der Waals surface area contributed by atoms with Crippen LogP contribution in [0.3, 0.4) is 0 Å². The van der Waals surface area contributed by atoms with Gasteiger partial charge in [0.25, 0.3) is 0 Å². The van der Waals surface area contributed by atoms with Crippen LogP contribution >= 0.6 is 0 Å². The molecule has 0 heterocycles. The summed E-state index contributed by atoms with van der Waals surface area (Å²) in [5.74, 6) is 4.18. The molecule has 0 aliphatic carbocycles. The topological polar surface area (TPSA) is 30.5 Å². The van der Waals surface area contributed by atoms with Crippen LogP contribution < -0.4 is 14.8 Å². The maximum atomic E-state index is 5.65. The molecule has 0 aliphatic rings. The van der Waals surface area contributed by atoms with Crippen molar-refractivity contribution >= 4 is 0 Å². The van der Waals surface area contributed by atoms with Crippen molar-refractivity contribution in [3.05, 3.63) is 23.8 Å². The first-order chi connectivity index (χ1) is 8.31. The van der Waals surface area contributed by atoms with Crippen molar-refractivity contribution in [2.24, 2.45) is 0 Å². The zero-order valence-electron chi connectivity index (χ0n) is 10.5. The van der Waals surface area contributed by atoms with E-state index in [4.69, 9.17) is 15.9 Å². The van der Waals surface area contributed by atoms with Gasteiger partial charge in [0.05, 0.1) is 13.7 Å². The van der Waals surface area contributed by atoms with Crippen molar-refractivity contribution in [3.8, 4) is 23.8 Å².